The summed E-state index contributed by atoms with van der Waals surface area (Å²) in [6, 6.07) is 15.6. The first-order chi connectivity index (χ1) is 18.2. The molecule has 1 spiro atoms. The number of nitrogens with zero attached hydrogens (tertiary/aromatic N) is 2. The molecular formula is C31H40N2O4S. The van der Waals surface area contributed by atoms with Crippen LogP contribution in [0.3, 0.4) is 0 Å². The standard InChI is InChI=1S/C31H40N2O4S/c1-21(2)18-33(38(35,36)20-23-7-4-3-5-8-23)25-13-14-31(34)27-17-24-9-6-10-26-28(24)30(31,29(25)37-26)15-16-32(27)19-22-11-12-22/h3-10,21-22,25,27,29,34H,11-20H2,1-2H3/t25-,27-,29+,30+,31-/m1/s1. The van der Waals surface area contributed by atoms with Crippen LogP contribution < -0.4 is 4.74 Å². The third kappa shape index (κ3) is 3.65. The van der Waals surface area contributed by atoms with Crippen molar-refractivity contribution in [2.24, 2.45) is 11.8 Å². The minimum atomic E-state index is -3.61. The lowest BCUT2D eigenvalue weighted by atomic mass is 9.48. The Labute approximate surface area is 227 Å². The van der Waals surface area contributed by atoms with Crippen molar-refractivity contribution in [3.05, 3.63) is 65.2 Å². The molecule has 2 aromatic rings. The van der Waals surface area contributed by atoms with Gasteiger partial charge in [-0.05, 0) is 74.1 Å². The number of ether oxygens (including phenoxy) is 1. The van der Waals surface area contributed by atoms with E-state index in [0.29, 0.717) is 19.4 Å². The van der Waals surface area contributed by atoms with Crippen molar-refractivity contribution in [1.29, 1.82) is 0 Å². The third-order valence-corrected chi connectivity index (χ3v) is 11.9. The molecule has 7 heteroatoms. The first-order valence-corrected chi connectivity index (χ1v) is 16.1. The van der Waals surface area contributed by atoms with Gasteiger partial charge < -0.3 is 9.84 Å². The van der Waals surface area contributed by atoms with E-state index < -0.39 is 21.0 Å². The highest BCUT2D eigenvalue weighted by atomic mass is 32.2. The summed E-state index contributed by atoms with van der Waals surface area (Å²) in [6.45, 7) is 6.62. The molecule has 2 bridgehead atoms. The SMILES string of the molecule is CC(C)CN([C@@H]1CC[C@@]2(O)[C@H]3Cc4cccc5c4[C@@]2(CCN3CC2CC2)[C@H]1O5)S(=O)(=O)Cc1ccccc1. The zero-order valence-electron chi connectivity index (χ0n) is 22.6. The molecule has 2 heterocycles. The molecule has 3 fully saturated rings. The van der Waals surface area contributed by atoms with Gasteiger partial charge in [0.15, 0.2) is 0 Å². The highest BCUT2D eigenvalue weighted by Crippen LogP contribution is 2.64. The molecule has 1 N–H and O–H groups in total. The number of piperidine rings is 1. The molecule has 38 heavy (non-hydrogen) atoms. The summed E-state index contributed by atoms with van der Waals surface area (Å²) >= 11 is 0. The fraction of sp³-hybridized carbons (Fsp3) is 0.613. The van der Waals surface area contributed by atoms with E-state index in [-0.39, 0.29) is 29.9 Å². The van der Waals surface area contributed by atoms with Crippen LogP contribution >= 0.6 is 0 Å². The van der Waals surface area contributed by atoms with Gasteiger partial charge >= 0.3 is 0 Å². The Kier molecular flexibility index (Phi) is 5.80. The van der Waals surface area contributed by atoms with Gasteiger partial charge in [-0.3, -0.25) is 4.90 Å². The normalized spacial score (nSPS) is 33.9. The zero-order chi connectivity index (χ0) is 26.3. The van der Waals surface area contributed by atoms with E-state index in [1.807, 2.05) is 36.4 Å². The van der Waals surface area contributed by atoms with Crippen molar-refractivity contribution in [1.82, 2.24) is 9.21 Å². The van der Waals surface area contributed by atoms with Gasteiger partial charge in [0, 0.05) is 24.7 Å². The van der Waals surface area contributed by atoms with Crippen LogP contribution in [0.1, 0.15) is 62.6 Å². The smallest absolute Gasteiger partial charge is 0.218 e. The molecule has 0 unspecified atom stereocenters. The lowest BCUT2D eigenvalue weighted by Gasteiger charge is -2.64. The number of hydrogen-bond donors (Lipinski definition) is 1. The van der Waals surface area contributed by atoms with Crippen molar-refractivity contribution >= 4 is 10.0 Å². The molecule has 1 saturated heterocycles. The van der Waals surface area contributed by atoms with Crippen LogP contribution in [0, 0.1) is 11.8 Å². The zero-order valence-corrected chi connectivity index (χ0v) is 23.4. The van der Waals surface area contributed by atoms with Crippen LogP contribution in [0.25, 0.3) is 0 Å². The second-order valence-corrected chi connectivity index (χ2v) is 14.9. The van der Waals surface area contributed by atoms with Crippen LogP contribution in [-0.2, 0) is 27.6 Å². The Hall–Kier alpha value is -1.93. The summed E-state index contributed by atoms with van der Waals surface area (Å²) in [4.78, 5) is 2.56. The summed E-state index contributed by atoms with van der Waals surface area (Å²) < 4.78 is 36.7. The van der Waals surface area contributed by atoms with E-state index in [2.05, 4.69) is 30.9 Å². The fourth-order valence-electron chi connectivity index (χ4n) is 8.40. The maximum atomic E-state index is 14.1. The van der Waals surface area contributed by atoms with Crippen molar-refractivity contribution < 1.29 is 18.3 Å². The average molecular weight is 537 g/mol. The van der Waals surface area contributed by atoms with Crippen LogP contribution in [0.15, 0.2) is 48.5 Å². The summed E-state index contributed by atoms with van der Waals surface area (Å²) in [6.07, 6.45) is 5.08. The molecule has 2 aromatic carbocycles. The highest BCUT2D eigenvalue weighted by Gasteiger charge is 2.73. The Balaban J connectivity index is 1.31. The van der Waals surface area contributed by atoms with Gasteiger partial charge in [-0.1, -0.05) is 56.3 Å². The molecule has 5 aliphatic rings. The predicted octanol–water partition coefficient (Wildman–Crippen LogP) is 4.11. The monoisotopic (exact) mass is 536 g/mol. The van der Waals surface area contributed by atoms with Crippen LogP contribution in [0.2, 0.25) is 0 Å². The second-order valence-electron chi connectivity index (χ2n) is 12.9. The predicted molar refractivity (Wildman–Crippen MR) is 148 cm³/mol. The number of aliphatic hydroxyl groups is 1. The Morgan fingerprint density at radius 1 is 1.08 bits per heavy atom. The van der Waals surface area contributed by atoms with Gasteiger partial charge in [0.05, 0.1) is 22.8 Å². The van der Waals surface area contributed by atoms with E-state index in [1.54, 1.807) is 4.31 Å². The molecule has 2 saturated carbocycles. The fourth-order valence-corrected chi connectivity index (χ4v) is 10.3. The molecule has 5 atom stereocenters. The third-order valence-electron chi connectivity index (χ3n) is 10.1. The van der Waals surface area contributed by atoms with Crippen molar-refractivity contribution in [2.75, 3.05) is 19.6 Å². The second kappa shape index (κ2) is 8.79. The molecule has 0 amide bonds. The quantitative estimate of drug-likeness (QED) is 0.550. The largest absolute Gasteiger partial charge is 0.487 e. The van der Waals surface area contributed by atoms with Crippen molar-refractivity contribution in [3.63, 3.8) is 0 Å². The minimum Gasteiger partial charge on any atom is -0.487 e. The maximum Gasteiger partial charge on any atom is 0.218 e. The maximum absolute atomic E-state index is 14.1. The Morgan fingerprint density at radius 2 is 1.87 bits per heavy atom. The molecule has 3 aliphatic carbocycles. The van der Waals surface area contributed by atoms with Gasteiger partial charge in [0.2, 0.25) is 10.0 Å². The first-order valence-electron chi connectivity index (χ1n) is 14.5. The number of hydrogen-bond acceptors (Lipinski definition) is 5. The summed E-state index contributed by atoms with van der Waals surface area (Å²) in [5.74, 6) is 1.78. The van der Waals surface area contributed by atoms with Crippen LogP contribution in [-0.4, -0.2) is 66.2 Å². The summed E-state index contributed by atoms with van der Waals surface area (Å²) in [5, 5.41) is 12.7. The van der Waals surface area contributed by atoms with E-state index >= 15 is 0 Å². The number of sulfonamides is 1. The van der Waals surface area contributed by atoms with Crippen molar-refractivity contribution in [3.8, 4) is 5.75 Å². The summed E-state index contributed by atoms with van der Waals surface area (Å²) in [7, 11) is -3.61. The minimum absolute atomic E-state index is 0.0168. The molecule has 2 aliphatic heterocycles. The summed E-state index contributed by atoms with van der Waals surface area (Å²) in [5.41, 5.74) is 1.78. The topological polar surface area (TPSA) is 70.1 Å². The van der Waals surface area contributed by atoms with Gasteiger partial charge in [0.1, 0.15) is 11.9 Å². The molecule has 0 aromatic heterocycles. The molecule has 6 nitrogen and oxygen atoms in total. The van der Waals surface area contributed by atoms with E-state index in [4.69, 9.17) is 4.74 Å². The Morgan fingerprint density at radius 3 is 2.61 bits per heavy atom. The van der Waals surface area contributed by atoms with Crippen LogP contribution in [0.5, 0.6) is 5.75 Å². The van der Waals surface area contributed by atoms with Gasteiger partial charge in [-0.25, -0.2) is 8.42 Å². The highest BCUT2D eigenvalue weighted by molar-refractivity contribution is 7.88. The molecular weight excluding hydrogens is 496 g/mol. The average Bonchev–Trinajstić information content (AvgIpc) is 3.62. The van der Waals surface area contributed by atoms with Gasteiger partial charge in [0.25, 0.3) is 0 Å². The number of benzene rings is 2. The van der Waals surface area contributed by atoms with E-state index in [0.717, 1.165) is 43.2 Å². The van der Waals surface area contributed by atoms with Gasteiger partial charge in [-0.15, -0.1) is 0 Å². The van der Waals surface area contributed by atoms with Crippen molar-refractivity contribution in [2.45, 2.75) is 87.3 Å². The first kappa shape index (κ1) is 25.1. The molecule has 0 radical (unpaired) electrons. The van der Waals surface area contributed by atoms with E-state index in [9.17, 15) is 13.5 Å². The van der Waals surface area contributed by atoms with E-state index in [1.165, 1.54) is 24.0 Å². The Bertz CT molecular complexity index is 1330. The van der Waals surface area contributed by atoms with Gasteiger partial charge in [-0.2, -0.15) is 4.31 Å². The lowest BCUT2D eigenvalue weighted by Crippen LogP contribution is -2.78. The lowest BCUT2D eigenvalue weighted by molar-refractivity contribution is -0.196. The molecule has 7 rings (SSSR count). The number of likely N-dealkylation sites (tertiary alicyclic amines) is 1. The molecule has 204 valence electrons. The number of rotatable bonds is 8. The van der Waals surface area contributed by atoms with Crippen LogP contribution in [0.4, 0.5) is 0 Å².